The molecule has 3 aromatic carbocycles. The summed E-state index contributed by atoms with van der Waals surface area (Å²) in [7, 11) is 0. The molecule has 5 aromatic rings. The van der Waals surface area contributed by atoms with Gasteiger partial charge >= 0.3 is 0 Å². The standard InChI is InChI=1S/C28H20N2O5S/c1-2-34-18-12-13-19-22(15-18)36-28(29-19)30-24(16-8-4-3-5-9-16)23(26(32)27(30)33)25(31)21-14-17-10-6-7-11-20(17)35-21/h3-15,24,32H,2H2,1H3. The van der Waals surface area contributed by atoms with E-state index in [-0.39, 0.29) is 11.3 Å². The molecule has 0 aliphatic carbocycles. The van der Waals surface area contributed by atoms with Gasteiger partial charge in [0, 0.05) is 5.39 Å². The number of aromatic nitrogens is 1. The van der Waals surface area contributed by atoms with Gasteiger partial charge in [0.05, 0.1) is 28.4 Å². The Morgan fingerprint density at radius 1 is 1.08 bits per heavy atom. The van der Waals surface area contributed by atoms with Crippen LogP contribution in [0, 0.1) is 0 Å². The van der Waals surface area contributed by atoms with Crippen LogP contribution in [-0.4, -0.2) is 28.4 Å². The molecule has 1 unspecified atom stereocenters. The highest BCUT2D eigenvalue weighted by Gasteiger charge is 2.46. The fraction of sp³-hybridized carbons (Fsp3) is 0.107. The van der Waals surface area contributed by atoms with Crippen LogP contribution < -0.4 is 9.64 Å². The lowest BCUT2D eigenvalue weighted by atomic mass is 9.95. The summed E-state index contributed by atoms with van der Waals surface area (Å²) in [5.41, 5.74) is 1.87. The molecule has 6 rings (SSSR count). The van der Waals surface area contributed by atoms with Crippen LogP contribution in [0.3, 0.4) is 0 Å². The van der Waals surface area contributed by atoms with E-state index in [1.807, 2.05) is 73.7 Å². The van der Waals surface area contributed by atoms with Gasteiger partial charge in [-0.05, 0) is 42.8 Å². The van der Waals surface area contributed by atoms with Crippen LogP contribution >= 0.6 is 11.3 Å². The number of anilines is 1. The van der Waals surface area contributed by atoms with Crippen molar-refractivity contribution in [1.29, 1.82) is 0 Å². The van der Waals surface area contributed by atoms with Crippen LogP contribution in [0.1, 0.15) is 29.1 Å². The van der Waals surface area contributed by atoms with Crippen molar-refractivity contribution < 1.29 is 23.8 Å². The van der Waals surface area contributed by atoms with Gasteiger partial charge in [-0.2, -0.15) is 0 Å². The van der Waals surface area contributed by atoms with Gasteiger partial charge in [0.2, 0.25) is 5.78 Å². The van der Waals surface area contributed by atoms with Crippen molar-refractivity contribution in [3.05, 3.63) is 102 Å². The predicted molar refractivity (Wildman–Crippen MR) is 138 cm³/mol. The topological polar surface area (TPSA) is 92.9 Å². The zero-order valence-corrected chi connectivity index (χ0v) is 20.0. The van der Waals surface area contributed by atoms with E-state index in [9.17, 15) is 14.7 Å². The number of hydrogen-bond donors (Lipinski definition) is 1. The van der Waals surface area contributed by atoms with Crippen molar-refractivity contribution in [3.63, 3.8) is 0 Å². The molecule has 1 aliphatic rings. The molecule has 0 bridgehead atoms. The Labute approximate surface area is 209 Å². The fourth-order valence-corrected chi connectivity index (χ4v) is 5.48. The van der Waals surface area contributed by atoms with E-state index < -0.39 is 23.5 Å². The highest BCUT2D eigenvalue weighted by molar-refractivity contribution is 7.22. The molecular weight excluding hydrogens is 476 g/mol. The van der Waals surface area contributed by atoms with Crippen molar-refractivity contribution in [2.45, 2.75) is 13.0 Å². The average Bonchev–Trinajstić information content (AvgIpc) is 3.58. The number of amides is 1. The predicted octanol–water partition coefficient (Wildman–Crippen LogP) is 6.22. The van der Waals surface area contributed by atoms with Crippen LogP contribution in [0.2, 0.25) is 0 Å². The molecule has 178 valence electrons. The number of furan rings is 1. The number of ether oxygens (including phenoxy) is 1. The number of aliphatic hydroxyl groups excluding tert-OH is 1. The first-order chi connectivity index (χ1) is 17.5. The normalized spacial score (nSPS) is 15.9. The van der Waals surface area contributed by atoms with Gasteiger partial charge in [-0.1, -0.05) is 59.9 Å². The maximum atomic E-state index is 13.7. The molecule has 0 spiro atoms. The summed E-state index contributed by atoms with van der Waals surface area (Å²) < 4.78 is 12.2. The number of nitrogens with zero attached hydrogens (tertiary/aromatic N) is 2. The van der Waals surface area contributed by atoms with Gasteiger partial charge in [0.25, 0.3) is 5.91 Å². The number of aliphatic hydroxyl groups is 1. The smallest absolute Gasteiger partial charge is 0.296 e. The minimum absolute atomic E-state index is 0.0421. The van der Waals surface area contributed by atoms with E-state index >= 15 is 0 Å². The lowest BCUT2D eigenvalue weighted by Crippen LogP contribution is -2.30. The Morgan fingerprint density at radius 2 is 1.86 bits per heavy atom. The summed E-state index contributed by atoms with van der Waals surface area (Å²) in [4.78, 5) is 33.2. The summed E-state index contributed by atoms with van der Waals surface area (Å²) in [5.74, 6) is -1.09. The van der Waals surface area contributed by atoms with Gasteiger partial charge in [-0.25, -0.2) is 4.98 Å². The molecule has 0 saturated carbocycles. The second-order valence-corrected chi connectivity index (χ2v) is 9.30. The number of para-hydroxylation sites is 1. The van der Waals surface area contributed by atoms with E-state index in [1.54, 1.807) is 12.1 Å². The highest BCUT2D eigenvalue weighted by Crippen LogP contribution is 2.44. The second kappa shape index (κ2) is 8.66. The van der Waals surface area contributed by atoms with Crippen molar-refractivity contribution in [3.8, 4) is 5.75 Å². The van der Waals surface area contributed by atoms with Gasteiger partial charge < -0.3 is 14.3 Å². The number of Topliss-reactive ketones (excluding diaryl/α,β-unsaturated/α-hetero) is 1. The lowest BCUT2D eigenvalue weighted by Gasteiger charge is -2.24. The average molecular weight is 497 g/mol. The van der Waals surface area contributed by atoms with E-state index in [0.29, 0.717) is 34.2 Å². The summed E-state index contributed by atoms with van der Waals surface area (Å²) in [5, 5.41) is 12.1. The Balaban J connectivity index is 1.47. The van der Waals surface area contributed by atoms with E-state index in [1.165, 1.54) is 16.2 Å². The van der Waals surface area contributed by atoms with Crippen molar-refractivity contribution in [1.82, 2.24) is 4.98 Å². The van der Waals surface area contributed by atoms with Gasteiger partial charge in [0.1, 0.15) is 11.3 Å². The number of thiazole rings is 1. The van der Waals surface area contributed by atoms with Gasteiger partial charge in [-0.15, -0.1) is 0 Å². The molecule has 2 aromatic heterocycles. The molecular formula is C28H20N2O5S. The number of benzene rings is 3. The fourth-order valence-electron chi connectivity index (χ4n) is 4.46. The lowest BCUT2D eigenvalue weighted by molar-refractivity contribution is -0.117. The minimum atomic E-state index is -0.869. The Bertz CT molecular complexity index is 1630. The minimum Gasteiger partial charge on any atom is -0.503 e. The number of carbonyl (C=O) groups is 2. The van der Waals surface area contributed by atoms with Crippen LogP contribution in [-0.2, 0) is 4.79 Å². The highest BCUT2D eigenvalue weighted by atomic mass is 32.1. The molecule has 1 N–H and O–H groups in total. The van der Waals surface area contributed by atoms with E-state index in [2.05, 4.69) is 4.98 Å². The summed E-state index contributed by atoms with van der Waals surface area (Å²) in [6.45, 7) is 2.44. The maximum absolute atomic E-state index is 13.7. The quantitative estimate of drug-likeness (QED) is 0.280. The zero-order valence-electron chi connectivity index (χ0n) is 19.2. The molecule has 1 atom stereocenters. The molecule has 1 amide bonds. The third kappa shape index (κ3) is 3.54. The first kappa shape index (κ1) is 22.1. The molecule has 0 fully saturated rings. The van der Waals surface area contributed by atoms with Crippen LogP contribution in [0.4, 0.5) is 5.13 Å². The molecule has 0 radical (unpaired) electrons. The molecule has 3 heterocycles. The third-order valence-electron chi connectivity index (χ3n) is 6.08. The van der Waals surface area contributed by atoms with E-state index in [4.69, 9.17) is 9.15 Å². The number of ketones is 1. The zero-order chi connectivity index (χ0) is 24.8. The molecule has 1 aliphatic heterocycles. The number of carbonyl (C=O) groups excluding carboxylic acids is 2. The van der Waals surface area contributed by atoms with Crippen LogP contribution in [0.25, 0.3) is 21.2 Å². The first-order valence-corrected chi connectivity index (χ1v) is 12.2. The second-order valence-electron chi connectivity index (χ2n) is 8.29. The van der Waals surface area contributed by atoms with Crippen molar-refractivity contribution in [2.24, 2.45) is 0 Å². The van der Waals surface area contributed by atoms with Crippen molar-refractivity contribution in [2.75, 3.05) is 11.5 Å². The number of hydrogen-bond acceptors (Lipinski definition) is 7. The van der Waals surface area contributed by atoms with Crippen molar-refractivity contribution >= 4 is 49.3 Å². The SMILES string of the molecule is CCOc1ccc2nc(N3C(=O)C(O)=C(C(=O)c4cc5ccccc5o4)C3c3ccccc3)sc2c1. The van der Waals surface area contributed by atoms with Crippen LogP contribution in [0.15, 0.2) is 94.6 Å². The van der Waals surface area contributed by atoms with Gasteiger partial charge in [-0.3, -0.25) is 14.5 Å². The number of fused-ring (bicyclic) bond motifs is 2. The van der Waals surface area contributed by atoms with Gasteiger partial charge in [0.15, 0.2) is 16.7 Å². The summed E-state index contributed by atoms with van der Waals surface area (Å²) in [6.07, 6.45) is 0. The summed E-state index contributed by atoms with van der Waals surface area (Å²) >= 11 is 1.29. The third-order valence-corrected chi connectivity index (χ3v) is 7.10. The molecule has 8 heteroatoms. The monoisotopic (exact) mass is 496 g/mol. The maximum Gasteiger partial charge on any atom is 0.296 e. The molecule has 7 nitrogen and oxygen atoms in total. The van der Waals surface area contributed by atoms with E-state index in [0.717, 1.165) is 10.1 Å². The molecule has 0 saturated heterocycles. The Hall–Kier alpha value is -4.43. The largest absolute Gasteiger partial charge is 0.503 e. The van der Waals surface area contributed by atoms with Crippen LogP contribution in [0.5, 0.6) is 5.75 Å². The Morgan fingerprint density at radius 3 is 2.64 bits per heavy atom. The first-order valence-electron chi connectivity index (χ1n) is 11.4. The summed E-state index contributed by atoms with van der Waals surface area (Å²) in [6, 6.07) is 22.7. The Kier molecular flexibility index (Phi) is 5.30. The number of rotatable bonds is 6. The molecule has 36 heavy (non-hydrogen) atoms.